The van der Waals surface area contributed by atoms with Crippen LogP contribution in [0.2, 0.25) is 0 Å². The number of carbonyl (C=O) groups is 2. The van der Waals surface area contributed by atoms with E-state index in [1.54, 1.807) is 24.8 Å². The van der Waals surface area contributed by atoms with E-state index in [2.05, 4.69) is 4.98 Å². The summed E-state index contributed by atoms with van der Waals surface area (Å²) in [5.41, 5.74) is 1.20. The lowest BCUT2D eigenvalue weighted by atomic mass is 10.1. The van der Waals surface area contributed by atoms with Crippen LogP contribution in [0.3, 0.4) is 0 Å². The summed E-state index contributed by atoms with van der Waals surface area (Å²) in [6, 6.07) is 3.55. The Hall–Kier alpha value is -1.56. The Kier molecular flexibility index (Phi) is 4.88. The van der Waals surface area contributed by atoms with Crippen molar-refractivity contribution in [1.29, 1.82) is 0 Å². The Morgan fingerprint density at radius 2 is 2.00 bits per heavy atom. The molecule has 1 fully saturated rings. The van der Waals surface area contributed by atoms with Crippen LogP contribution in [0.4, 0.5) is 0 Å². The van der Waals surface area contributed by atoms with Gasteiger partial charge in [-0.3, -0.25) is 4.79 Å². The van der Waals surface area contributed by atoms with Gasteiger partial charge in [0.2, 0.25) is 0 Å². The first-order valence-corrected chi connectivity index (χ1v) is 7.74. The number of carbonyl (C=O) groups excluding carboxylic acids is 2. The smallest absolute Gasteiger partial charge is 0.339 e. The number of esters is 2. The summed E-state index contributed by atoms with van der Waals surface area (Å²) in [7, 11) is 2.77. The molecule has 1 aromatic heterocycles. The molecule has 2 rings (SSSR count). The molecule has 6 heteroatoms. The number of thioether (sulfide) groups is 1. The van der Waals surface area contributed by atoms with E-state index in [0.717, 1.165) is 23.6 Å². The molecule has 1 heterocycles. The third-order valence-corrected chi connectivity index (χ3v) is 4.98. The first-order valence-electron chi connectivity index (χ1n) is 6.75. The van der Waals surface area contributed by atoms with Crippen LogP contribution in [-0.2, 0) is 14.3 Å². The zero-order valence-corrected chi connectivity index (χ0v) is 13.3. The maximum absolute atomic E-state index is 11.5. The predicted octanol–water partition coefficient (Wildman–Crippen LogP) is 2.61. The highest BCUT2D eigenvalue weighted by molar-refractivity contribution is 7.99. The number of hydrogen-bond acceptors (Lipinski definition) is 6. The molecule has 0 radical (unpaired) electrons. The molecule has 0 amide bonds. The lowest BCUT2D eigenvalue weighted by Crippen LogP contribution is -2.13. The normalized spacial score (nSPS) is 15.4. The van der Waals surface area contributed by atoms with Gasteiger partial charge >= 0.3 is 11.9 Å². The van der Waals surface area contributed by atoms with Gasteiger partial charge in [0, 0.05) is 5.75 Å². The maximum atomic E-state index is 11.5. The first-order chi connectivity index (χ1) is 9.99. The van der Waals surface area contributed by atoms with Crippen LogP contribution in [0.1, 0.15) is 35.3 Å². The summed E-state index contributed by atoms with van der Waals surface area (Å²) < 4.78 is 9.44. The standard InChI is InChI=1S/C15H19NO4S/c1-10-11(14(18)20-3)4-5-12(16-10)21-9-15(6-7-15)8-13(17)19-2/h4-5H,6-9H2,1-3H3. The Labute approximate surface area is 128 Å². The maximum Gasteiger partial charge on any atom is 0.339 e. The van der Waals surface area contributed by atoms with Crippen LogP contribution in [0, 0.1) is 12.3 Å². The minimum atomic E-state index is -0.374. The van der Waals surface area contributed by atoms with E-state index in [1.807, 2.05) is 6.07 Å². The molecule has 1 aromatic rings. The molecule has 0 aromatic carbocycles. The number of nitrogens with zero attached hydrogens (tertiary/aromatic N) is 1. The second kappa shape index (κ2) is 6.47. The number of ether oxygens (including phenoxy) is 2. The van der Waals surface area contributed by atoms with Crippen molar-refractivity contribution in [2.24, 2.45) is 5.41 Å². The Balaban J connectivity index is 1.97. The molecule has 1 aliphatic rings. The van der Waals surface area contributed by atoms with Crippen LogP contribution < -0.4 is 0 Å². The largest absolute Gasteiger partial charge is 0.469 e. The van der Waals surface area contributed by atoms with Crippen LogP contribution >= 0.6 is 11.8 Å². The number of hydrogen-bond donors (Lipinski definition) is 0. The topological polar surface area (TPSA) is 65.5 Å². The van der Waals surface area contributed by atoms with Gasteiger partial charge in [-0.05, 0) is 37.3 Å². The molecular formula is C15H19NO4S. The fourth-order valence-electron chi connectivity index (χ4n) is 2.10. The third-order valence-electron chi connectivity index (χ3n) is 3.70. The molecule has 114 valence electrons. The van der Waals surface area contributed by atoms with Crippen molar-refractivity contribution in [2.75, 3.05) is 20.0 Å². The molecule has 0 bridgehead atoms. The molecule has 5 nitrogen and oxygen atoms in total. The van der Waals surface area contributed by atoms with Crippen LogP contribution in [0.25, 0.3) is 0 Å². The van der Waals surface area contributed by atoms with Crippen molar-refractivity contribution < 1.29 is 19.1 Å². The number of pyridine rings is 1. The van der Waals surface area contributed by atoms with E-state index in [4.69, 9.17) is 9.47 Å². The molecule has 0 N–H and O–H groups in total. The second-order valence-corrected chi connectivity index (χ2v) is 6.31. The second-order valence-electron chi connectivity index (χ2n) is 5.32. The van der Waals surface area contributed by atoms with Crippen molar-refractivity contribution in [3.63, 3.8) is 0 Å². The van der Waals surface area contributed by atoms with Crippen molar-refractivity contribution in [2.45, 2.75) is 31.2 Å². The summed E-state index contributed by atoms with van der Waals surface area (Å²) in [4.78, 5) is 27.3. The van der Waals surface area contributed by atoms with Gasteiger partial charge in [-0.1, -0.05) is 0 Å². The van der Waals surface area contributed by atoms with E-state index in [0.29, 0.717) is 17.7 Å². The van der Waals surface area contributed by atoms with Crippen molar-refractivity contribution in [3.8, 4) is 0 Å². The van der Waals surface area contributed by atoms with Gasteiger partial charge in [-0.25, -0.2) is 9.78 Å². The number of rotatable bonds is 6. The van der Waals surface area contributed by atoms with Crippen molar-refractivity contribution in [1.82, 2.24) is 4.98 Å². The summed E-state index contributed by atoms with van der Waals surface area (Å²) in [5.74, 6) is 0.311. The molecule has 0 unspecified atom stereocenters. The first kappa shape index (κ1) is 15.8. The van der Waals surface area contributed by atoms with Crippen molar-refractivity contribution in [3.05, 3.63) is 23.4 Å². The van der Waals surface area contributed by atoms with E-state index in [9.17, 15) is 9.59 Å². The Morgan fingerprint density at radius 3 is 2.52 bits per heavy atom. The molecular weight excluding hydrogens is 290 g/mol. The Bertz CT molecular complexity index is 555. The van der Waals surface area contributed by atoms with E-state index >= 15 is 0 Å². The zero-order valence-electron chi connectivity index (χ0n) is 12.5. The molecule has 0 saturated heterocycles. The highest BCUT2D eigenvalue weighted by Gasteiger charge is 2.44. The van der Waals surface area contributed by atoms with Gasteiger partial charge < -0.3 is 9.47 Å². The fourth-order valence-corrected chi connectivity index (χ4v) is 3.31. The molecule has 0 aliphatic heterocycles. The Morgan fingerprint density at radius 1 is 1.29 bits per heavy atom. The lowest BCUT2D eigenvalue weighted by Gasteiger charge is -2.13. The predicted molar refractivity (Wildman–Crippen MR) is 79.3 cm³/mol. The van der Waals surface area contributed by atoms with Gasteiger partial charge in [-0.15, -0.1) is 11.8 Å². The van der Waals surface area contributed by atoms with Crippen LogP contribution in [0.5, 0.6) is 0 Å². The summed E-state index contributed by atoms with van der Waals surface area (Å²) in [5, 5.41) is 0.858. The number of aromatic nitrogens is 1. The lowest BCUT2D eigenvalue weighted by molar-refractivity contribution is -0.141. The molecule has 21 heavy (non-hydrogen) atoms. The molecule has 1 aliphatic carbocycles. The highest BCUT2D eigenvalue weighted by Crippen LogP contribution is 2.52. The van der Waals surface area contributed by atoms with Crippen LogP contribution in [0.15, 0.2) is 17.2 Å². The average Bonchev–Trinajstić information content (AvgIpc) is 3.24. The van der Waals surface area contributed by atoms with Crippen molar-refractivity contribution >= 4 is 23.7 Å². The minimum absolute atomic E-state index is 0.0639. The SMILES string of the molecule is COC(=O)CC1(CSc2ccc(C(=O)OC)c(C)n2)CC1. The summed E-state index contributed by atoms with van der Waals surface area (Å²) in [6.07, 6.45) is 2.57. The van der Waals surface area contributed by atoms with Gasteiger partial charge in [0.25, 0.3) is 0 Å². The molecule has 0 atom stereocenters. The number of aryl methyl sites for hydroxylation is 1. The minimum Gasteiger partial charge on any atom is -0.469 e. The van der Waals surface area contributed by atoms with Gasteiger partial charge in [0.1, 0.15) is 0 Å². The monoisotopic (exact) mass is 309 g/mol. The average molecular weight is 309 g/mol. The molecule has 1 saturated carbocycles. The summed E-state index contributed by atoms with van der Waals surface area (Å²) in [6.45, 7) is 1.79. The zero-order chi connectivity index (χ0) is 15.5. The van der Waals surface area contributed by atoms with Gasteiger partial charge in [0.15, 0.2) is 0 Å². The van der Waals surface area contributed by atoms with E-state index in [-0.39, 0.29) is 17.4 Å². The van der Waals surface area contributed by atoms with E-state index in [1.165, 1.54) is 14.2 Å². The quantitative estimate of drug-likeness (QED) is 0.594. The summed E-state index contributed by atoms with van der Waals surface area (Å²) >= 11 is 1.61. The van der Waals surface area contributed by atoms with Crippen LogP contribution in [-0.4, -0.2) is 36.9 Å². The fraction of sp³-hybridized carbons (Fsp3) is 0.533. The van der Waals surface area contributed by atoms with Gasteiger partial charge in [0.05, 0.1) is 36.9 Å². The number of methoxy groups -OCH3 is 2. The third kappa shape index (κ3) is 3.97. The highest BCUT2D eigenvalue weighted by atomic mass is 32.2. The molecule has 0 spiro atoms. The van der Waals surface area contributed by atoms with Gasteiger partial charge in [-0.2, -0.15) is 0 Å². The van der Waals surface area contributed by atoms with E-state index < -0.39 is 0 Å².